The highest BCUT2D eigenvalue weighted by Crippen LogP contribution is 2.14. The molecule has 1 aliphatic heterocycles. The molecule has 0 bridgehead atoms. The summed E-state index contributed by atoms with van der Waals surface area (Å²) >= 11 is 0. The third-order valence-corrected chi connectivity index (χ3v) is 3.01. The molecule has 1 saturated heterocycles. The highest BCUT2D eigenvalue weighted by Gasteiger charge is 2.29. The van der Waals surface area contributed by atoms with Crippen LogP contribution >= 0.6 is 0 Å². The Hall–Kier alpha value is -1.85. The molecule has 0 aromatic carbocycles. The minimum Gasteiger partial charge on any atom is -0.331 e. The summed E-state index contributed by atoms with van der Waals surface area (Å²) in [7, 11) is 1.80. The Morgan fingerprint density at radius 3 is 2.88 bits per heavy atom. The van der Waals surface area contributed by atoms with Crippen molar-refractivity contribution in [3.8, 4) is 0 Å². The van der Waals surface area contributed by atoms with Crippen molar-refractivity contribution >= 4 is 17.8 Å². The maximum absolute atomic E-state index is 11.9. The Morgan fingerprint density at radius 1 is 1.59 bits per heavy atom. The monoisotopic (exact) mass is 236 g/mol. The van der Waals surface area contributed by atoms with E-state index in [9.17, 15) is 9.59 Å². The minimum atomic E-state index is -0.443. The van der Waals surface area contributed by atoms with Crippen LogP contribution in [0.2, 0.25) is 0 Å². The van der Waals surface area contributed by atoms with Crippen molar-refractivity contribution in [3.05, 3.63) is 12.4 Å². The van der Waals surface area contributed by atoms with Crippen molar-refractivity contribution in [2.75, 3.05) is 11.9 Å². The normalized spacial score (nSPS) is 17.3. The number of hydrogen-bond donors (Lipinski definition) is 1. The lowest BCUT2D eigenvalue weighted by atomic mass is 10.3. The van der Waals surface area contributed by atoms with Crippen LogP contribution in [0.15, 0.2) is 12.4 Å². The largest absolute Gasteiger partial charge is 0.331 e. The number of carbonyl (C=O) groups is 2. The third-order valence-electron chi connectivity index (χ3n) is 3.01. The average molecular weight is 236 g/mol. The van der Waals surface area contributed by atoms with Crippen LogP contribution in [0.3, 0.4) is 0 Å². The van der Waals surface area contributed by atoms with Gasteiger partial charge in [-0.3, -0.25) is 14.9 Å². The second kappa shape index (κ2) is 4.57. The zero-order valence-corrected chi connectivity index (χ0v) is 10.0. The molecule has 2 heterocycles. The van der Waals surface area contributed by atoms with Gasteiger partial charge < -0.3 is 9.47 Å². The second-order valence-electron chi connectivity index (χ2n) is 4.22. The molecule has 6 heteroatoms. The number of carbonyl (C=O) groups excluding carboxylic acids is 2. The number of rotatable bonds is 3. The molecule has 1 fully saturated rings. The van der Waals surface area contributed by atoms with Crippen LogP contribution in [0.25, 0.3) is 0 Å². The Balaban J connectivity index is 2.00. The molecule has 17 heavy (non-hydrogen) atoms. The van der Waals surface area contributed by atoms with Crippen LogP contribution in [-0.4, -0.2) is 38.9 Å². The number of aryl methyl sites for hydroxylation is 1. The fraction of sp³-hybridized carbons (Fsp3) is 0.545. The molecule has 0 saturated carbocycles. The lowest BCUT2D eigenvalue weighted by molar-refractivity contribution is -0.134. The van der Waals surface area contributed by atoms with Gasteiger partial charge in [0.15, 0.2) is 0 Å². The van der Waals surface area contributed by atoms with Crippen LogP contribution in [0.1, 0.15) is 19.8 Å². The van der Waals surface area contributed by atoms with Crippen LogP contribution in [-0.2, 0) is 16.6 Å². The molecule has 1 aromatic rings. The Morgan fingerprint density at radius 2 is 2.35 bits per heavy atom. The van der Waals surface area contributed by atoms with Crippen molar-refractivity contribution in [2.24, 2.45) is 7.05 Å². The van der Waals surface area contributed by atoms with Gasteiger partial charge in [-0.15, -0.1) is 0 Å². The van der Waals surface area contributed by atoms with Crippen LogP contribution in [0.4, 0.5) is 5.95 Å². The molecule has 1 aliphatic rings. The predicted octanol–water partition coefficient (Wildman–Crippen LogP) is 0.369. The molecule has 0 radical (unpaired) electrons. The third kappa shape index (κ3) is 2.30. The molecule has 1 unspecified atom stereocenters. The maximum Gasteiger partial charge on any atom is 0.249 e. The second-order valence-corrected chi connectivity index (χ2v) is 4.22. The molecular formula is C11H16N4O2. The van der Waals surface area contributed by atoms with E-state index in [-0.39, 0.29) is 11.8 Å². The number of imidazole rings is 1. The lowest BCUT2D eigenvalue weighted by Gasteiger charge is -2.22. The standard InChI is InChI=1S/C11H16N4O2/c1-8(15-6-3-4-9(15)16)10(17)13-11-12-5-7-14(11)2/h5,7-8H,3-4,6H2,1-2H3,(H,12,13,17). The number of aromatic nitrogens is 2. The topological polar surface area (TPSA) is 67.2 Å². The summed E-state index contributed by atoms with van der Waals surface area (Å²) in [5.41, 5.74) is 0. The molecule has 92 valence electrons. The van der Waals surface area contributed by atoms with E-state index >= 15 is 0 Å². The zero-order valence-electron chi connectivity index (χ0n) is 10.0. The molecule has 0 aliphatic carbocycles. The van der Waals surface area contributed by atoms with Crippen molar-refractivity contribution in [1.29, 1.82) is 0 Å². The fourth-order valence-corrected chi connectivity index (χ4v) is 1.92. The number of nitrogens with one attached hydrogen (secondary N) is 1. The Kier molecular flexibility index (Phi) is 3.12. The highest BCUT2D eigenvalue weighted by atomic mass is 16.2. The van der Waals surface area contributed by atoms with Crippen molar-refractivity contribution < 1.29 is 9.59 Å². The zero-order chi connectivity index (χ0) is 12.4. The van der Waals surface area contributed by atoms with Gasteiger partial charge >= 0.3 is 0 Å². The van der Waals surface area contributed by atoms with Crippen LogP contribution < -0.4 is 5.32 Å². The number of amides is 2. The smallest absolute Gasteiger partial charge is 0.249 e. The molecule has 1 aromatic heterocycles. The van der Waals surface area contributed by atoms with E-state index in [1.807, 2.05) is 0 Å². The summed E-state index contributed by atoms with van der Waals surface area (Å²) in [6.45, 7) is 2.40. The predicted molar refractivity (Wildman–Crippen MR) is 62.2 cm³/mol. The fourth-order valence-electron chi connectivity index (χ4n) is 1.92. The summed E-state index contributed by atoms with van der Waals surface area (Å²) in [6, 6.07) is -0.443. The van der Waals surface area contributed by atoms with Crippen molar-refractivity contribution in [1.82, 2.24) is 14.5 Å². The van der Waals surface area contributed by atoms with Gasteiger partial charge in [0.25, 0.3) is 0 Å². The molecule has 1 atom stereocenters. The van der Waals surface area contributed by atoms with Gasteiger partial charge in [0.05, 0.1) is 0 Å². The van der Waals surface area contributed by atoms with Gasteiger partial charge in [-0.05, 0) is 13.3 Å². The van der Waals surface area contributed by atoms with E-state index in [0.29, 0.717) is 18.9 Å². The van der Waals surface area contributed by atoms with Crippen LogP contribution in [0, 0.1) is 0 Å². The molecular weight excluding hydrogens is 220 g/mol. The highest BCUT2D eigenvalue weighted by molar-refractivity contribution is 5.96. The molecule has 0 spiro atoms. The lowest BCUT2D eigenvalue weighted by Crippen LogP contribution is -2.42. The van der Waals surface area contributed by atoms with E-state index in [2.05, 4.69) is 10.3 Å². The number of hydrogen-bond acceptors (Lipinski definition) is 3. The maximum atomic E-state index is 11.9. The Labute approximate surface area is 99.6 Å². The first kappa shape index (κ1) is 11.6. The first-order valence-corrected chi connectivity index (χ1v) is 5.67. The minimum absolute atomic E-state index is 0.0486. The van der Waals surface area contributed by atoms with E-state index in [1.54, 1.807) is 35.8 Å². The van der Waals surface area contributed by atoms with Crippen molar-refractivity contribution in [2.45, 2.75) is 25.8 Å². The first-order chi connectivity index (χ1) is 8.09. The van der Waals surface area contributed by atoms with Gasteiger partial charge in [-0.2, -0.15) is 0 Å². The summed E-state index contributed by atoms with van der Waals surface area (Å²) in [6.07, 6.45) is 4.74. The van der Waals surface area contributed by atoms with Gasteiger partial charge in [0, 0.05) is 32.4 Å². The number of likely N-dealkylation sites (tertiary alicyclic amines) is 1. The SMILES string of the molecule is CC(C(=O)Nc1nccn1C)N1CCCC1=O. The average Bonchev–Trinajstić information content (AvgIpc) is 2.88. The molecule has 2 rings (SSSR count). The summed E-state index contributed by atoms with van der Waals surface area (Å²) in [5.74, 6) is 0.343. The van der Waals surface area contributed by atoms with Gasteiger partial charge in [0.2, 0.25) is 17.8 Å². The van der Waals surface area contributed by atoms with Gasteiger partial charge in [0.1, 0.15) is 6.04 Å². The summed E-state index contributed by atoms with van der Waals surface area (Å²) < 4.78 is 1.72. The van der Waals surface area contributed by atoms with Gasteiger partial charge in [-0.1, -0.05) is 0 Å². The van der Waals surface area contributed by atoms with Crippen molar-refractivity contribution in [3.63, 3.8) is 0 Å². The van der Waals surface area contributed by atoms with E-state index in [1.165, 1.54) is 0 Å². The number of nitrogens with zero attached hydrogens (tertiary/aromatic N) is 3. The number of anilines is 1. The Bertz CT molecular complexity index is 440. The van der Waals surface area contributed by atoms with E-state index in [4.69, 9.17) is 0 Å². The van der Waals surface area contributed by atoms with Gasteiger partial charge in [-0.25, -0.2) is 4.98 Å². The van der Waals surface area contributed by atoms with Crippen LogP contribution in [0.5, 0.6) is 0 Å². The van der Waals surface area contributed by atoms with E-state index < -0.39 is 6.04 Å². The van der Waals surface area contributed by atoms with E-state index in [0.717, 1.165) is 6.42 Å². The first-order valence-electron chi connectivity index (χ1n) is 5.67. The quantitative estimate of drug-likeness (QED) is 0.824. The summed E-state index contributed by atoms with van der Waals surface area (Å²) in [4.78, 5) is 29.1. The summed E-state index contributed by atoms with van der Waals surface area (Å²) in [5, 5.41) is 2.71. The molecule has 6 nitrogen and oxygen atoms in total. The molecule has 2 amide bonds. The molecule has 1 N–H and O–H groups in total.